The molecule has 0 aliphatic heterocycles. The third kappa shape index (κ3) is 37.6. The zero-order valence-corrected chi connectivity index (χ0v) is 36.0. The first-order chi connectivity index (χ1) is 25.0. The predicted molar refractivity (Wildman–Crippen MR) is 222 cm³/mol. The first-order valence-corrected chi connectivity index (χ1v) is 23.6. The maximum absolute atomic E-state index is 12.8. The summed E-state index contributed by atoms with van der Waals surface area (Å²) in [5.74, 6) is -0.176. The number of hydrogen-bond acceptors (Lipinski definition) is 5. The number of aliphatic hydroxyl groups is 1. The van der Waals surface area contributed by atoms with E-state index in [1.807, 2.05) is 27.2 Å². The first kappa shape index (κ1) is 51.2. The summed E-state index contributed by atoms with van der Waals surface area (Å²) in [6.45, 7) is 4.80. The van der Waals surface area contributed by atoms with Crippen molar-refractivity contribution in [3.8, 4) is 0 Å². The molecule has 0 radical (unpaired) electrons. The van der Waals surface area contributed by atoms with Gasteiger partial charge in [0, 0.05) is 6.42 Å². The highest BCUT2D eigenvalue weighted by atomic mass is 31.2. The standard InChI is InChI=1S/C43H87N2O6P/c1-6-8-10-12-14-16-18-19-20-21-22-23-24-25-26-27-29-31-33-35-37-43(47)44-41(40-51-52(48,49)50-39-38-45(3,4)5)42(46)36-34-32-30-28-17-15-13-11-9-7-2/h34,36,41-42,46H,6-33,35,37-40H2,1-5H3,(H-,44,47,48,49)/p+1/b36-34+/t41-,42+/m0/s1. The molecule has 3 N–H and O–H groups in total. The summed E-state index contributed by atoms with van der Waals surface area (Å²) in [6, 6.07) is -0.838. The van der Waals surface area contributed by atoms with Crippen LogP contribution in [-0.2, 0) is 18.4 Å². The number of likely N-dealkylation sites (N-methyl/N-ethyl adjacent to an activating group) is 1. The van der Waals surface area contributed by atoms with Gasteiger partial charge in [0.15, 0.2) is 0 Å². The number of hydrogen-bond donors (Lipinski definition) is 3. The molecule has 0 bridgehead atoms. The van der Waals surface area contributed by atoms with E-state index in [-0.39, 0.29) is 19.1 Å². The molecule has 1 amide bonds. The zero-order valence-electron chi connectivity index (χ0n) is 35.1. The fourth-order valence-electron chi connectivity index (χ4n) is 6.45. The number of aliphatic hydroxyl groups excluding tert-OH is 1. The van der Waals surface area contributed by atoms with E-state index in [4.69, 9.17) is 9.05 Å². The van der Waals surface area contributed by atoms with Crippen LogP contribution in [0.15, 0.2) is 12.2 Å². The maximum Gasteiger partial charge on any atom is 0.472 e. The molecule has 0 saturated heterocycles. The highest BCUT2D eigenvalue weighted by Crippen LogP contribution is 2.43. The zero-order chi connectivity index (χ0) is 38.6. The number of rotatable bonds is 40. The molecule has 0 heterocycles. The number of phosphoric ester groups is 1. The molecular weight excluding hydrogens is 671 g/mol. The van der Waals surface area contributed by atoms with E-state index in [2.05, 4.69) is 19.2 Å². The van der Waals surface area contributed by atoms with Crippen LogP contribution >= 0.6 is 7.82 Å². The normalized spacial score (nSPS) is 14.5. The minimum atomic E-state index is -4.33. The summed E-state index contributed by atoms with van der Waals surface area (Å²) in [7, 11) is 1.58. The Morgan fingerprint density at radius 1 is 0.635 bits per heavy atom. The molecule has 3 atom stereocenters. The lowest BCUT2D eigenvalue weighted by molar-refractivity contribution is -0.870. The highest BCUT2D eigenvalue weighted by molar-refractivity contribution is 7.47. The van der Waals surface area contributed by atoms with E-state index in [1.54, 1.807) is 6.08 Å². The van der Waals surface area contributed by atoms with Gasteiger partial charge in [0.05, 0.1) is 39.9 Å². The largest absolute Gasteiger partial charge is 0.472 e. The molecule has 0 saturated carbocycles. The Kier molecular flexibility index (Phi) is 35.4. The highest BCUT2D eigenvalue weighted by Gasteiger charge is 2.27. The van der Waals surface area contributed by atoms with E-state index in [0.29, 0.717) is 17.4 Å². The Morgan fingerprint density at radius 2 is 1.02 bits per heavy atom. The summed E-state index contributed by atoms with van der Waals surface area (Å²) < 4.78 is 23.5. The van der Waals surface area contributed by atoms with Crippen LogP contribution in [0.3, 0.4) is 0 Å². The number of phosphoric acid groups is 1. The fraction of sp³-hybridized carbons (Fsp3) is 0.930. The topological polar surface area (TPSA) is 105 Å². The Morgan fingerprint density at radius 3 is 1.42 bits per heavy atom. The van der Waals surface area contributed by atoms with Gasteiger partial charge in [-0.25, -0.2) is 4.57 Å². The molecule has 0 aromatic carbocycles. The molecule has 310 valence electrons. The number of unbranched alkanes of at least 4 members (excludes halogenated alkanes) is 27. The number of nitrogens with one attached hydrogen (secondary N) is 1. The predicted octanol–water partition coefficient (Wildman–Crippen LogP) is 12.0. The van der Waals surface area contributed by atoms with Gasteiger partial charge in [0.2, 0.25) is 5.91 Å². The maximum atomic E-state index is 12.8. The van der Waals surface area contributed by atoms with Gasteiger partial charge in [-0.2, -0.15) is 0 Å². The molecule has 52 heavy (non-hydrogen) atoms. The van der Waals surface area contributed by atoms with Crippen LogP contribution in [0.2, 0.25) is 0 Å². The number of allylic oxidation sites excluding steroid dienone is 1. The monoisotopic (exact) mass is 760 g/mol. The second-order valence-electron chi connectivity index (χ2n) is 16.4. The number of quaternary nitrogens is 1. The summed E-state index contributed by atoms with van der Waals surface area (Å²) in [5, 5.41) is 13.8. The Labute approximate surface area is 322 Å². The Bertz CT molecular complexity index is 865. The Hall–Kier alpha value is -0.760. The van der Waals surface area contributed by atoms with Gasteiger partial charge in [-0.05, 0) is 19.3 Å². The molecule has 0 aliphatic rings. The molecule has 0 aromatic rings. The molecule has 0 rings (SSSR count). The van der Waals surface area contributed by atoms with Gasteiger partial charge in [0.1, 0.15) is 13.2 Å². The van der Waals surface area contributed by atoms with Gasteiger partial charge < -0.3 is 19.8 Å². The quantitative estimate of drug-likeness (QED) is 0.0249. The average Bonchev–Trinajstić information content (AvgIpc) is 3.09. The van der Waals surface area contributed by atoms with Crippen LogP contribution in [-0.4, -0.2) is 73.4 Å². The molecule has 9 heteroatoms. The van der Waals surface area contributed by atoms with E-state index in [9.17, 15) is 19.4 Å². The van der Waals surface area contributed by atoms with E-state index in [1.165, 1.54) is 148 Å². The van der Waals surface area contributed by atoms with Crippen molar-refractivity contribution in [3.05, 3.63) is 12.2 Å². The van der Waals surface area contributed by atoms with Crippen molar-refractivity contribution in [1.29, 1.82) is 0 Å². The Balaban J connectivity index is 4.27. The van der Waals surface area contributed by atoms with Crippen molar-refractivity contribution in [2.45, 2.75) is 219 Å². The van der Waals surface area contributed by atoms with Crippen molar-refractivity contribution in [2.75, 3.05) is 40.9 Å². The van der Waals surface area contributed by atoms with Gasteiger partial charge in [-0.3, -0.25) is 13.8 Å². The van der Waals surface area contributed by atoms with Gasteiger partial charge in [-0.15, -0.1) is 0 Å². The third-order valence-corrected chi connectivity index (χ3v) is 11.0. The molecule has 0 spiro atoms. The molecule has 0 aliphatic carbocycles. The lowest BCUT2D eigenvalue weighted by atomic mass is 10.0. The van der Waals surface area contributed by atoms with Crippen LogP contribution in [0, 0.1) is 0 Å². The van der Waals surface area contributed by atoms with Crippen LogP contribution in [0.4, 0.5) is 0 Å². The van der Waals surface area contributed by atoms with Gasteiger partial charge in [0.25, 0.3) is 0 Å². The lowest BCUT2D eigenvalue weighted by Crippen LogP contribution is -2.45. The van der Waals surface area contributed by atoms with Crippen molar-refractivity contribution in [2.24, 2.45) is 0 Å². The summed E-state index contributed by atoms with van der Waals surface area (Å²) in [5.41, 5.74) is 0. The number of carbonyl (C=O) groups is 1. The molecular formula is C43H88N2O6P+. The second kappa shape index (κ2) is 35.9. The summed E-state index contributed by atoms with van der Waals surface area (Å²) in [4.78, 5) is 23.0. The second-order valence-corrected chi connectivity index (χ2v) is 17.9. The third-order valence-electron chi connectivity index (χ3n) is 10.0. The van der Waals surface area contributed by atoms with Gasteiger partial charge >= 0.3 is 7.82 Å². The molecule has 0 fully saturated rings. The first-order valence-electron chi connectivity index (χ1n) is 22.1. The van der Waals surface area contributed by atoms with Crippen LogP contribution in [0.25, 0.3) is 0 Å². The van der Waals surface area contributed by atoms with Crippen molar-refractivity contribution < 1.29 is 32.9 Å². The summed E-state index contributed by atoms with van der Waals surface area (Å²) >= 11 is 0. The average molecular weight is 760 g/mol. The molecule has 1 unspecified atom stereocenters. The number of carbonyl (C=O) groups excluding carboxylic acids is 1. The molecule has 8 nitrogen and oxygen atoms in total. The SMILES string of the molecule is CCCCCCCCCC/C=C/[C@@H](O)[C@H](COP(=O)(O)OCC[N+](C)(C)C)NC(=O)CCCCCCCCCCCCCCCCCCCCCC. The van der Waals surface area contributed by atoms with Crippen molar-refractivity contribution in [3.63, 3.8) is 0 Å². The van der Waals surface area contributed by atoms with Crippen LogP contribution < -0.4 is 5.32 Å². The smallest absolute Gasteiger partial charge is 0.387 e. The molecule has 0 aromatic heterocycles. The van der Waals surface area contributed by atoms with Crippen molar-refractivity contribution in [1.82, 2.24) is 5.32 Å². The number of nitrogens with zero attached hydrogens (tertiary/aromatic N) is 1. The number of amides is 1. The van der Waals surface area contributed by atoms with E-state index >= 15 is 0 Å². The minimum Gasteiger partial charge on any atom is -0.387 e. The van der Waals surface area contributed by atoms with Crippen LogP contribution in [0.1, 0.15) is 206 Å². The van der Waals surface area contributed by atoms with E-state index < -0.39 is 20.0 Å². The summed E-state index contributed by atoms with van der Waals surface area (Å²) in [6.07, 6.45) is 40.0. The van der Waals surface area contributed by atoms with Gasteiger partial charge in [-0.1, -0.05) is 193 Å². The fourth-order valence-corrected chi connectivity index (χ4v) is 7.19. The van der Waals surface area contributed by atoms with Crippen molar-refractivity contribution >= 4 is 13.7 Å². The van der Waals surface area contributed by atoms with Crippen LogP contribution in [0.5, 0.6) is 0 Å². The van der Waals surface area contributed by atoms with E-state index in [0.717, 1.165) is 38.5 Å². The lowest BCUT2D eigenvalue weighted by Gasteiger charge is -2.25. The minimum absolute atomic E-state index is 0.0643.